The van der Waals surface area contributed by atoms with Crippen molar-refractivity contribution >= 4 is 11.0 Å². The summed E-state index contributed by atoms with van der Waals surface area (Å²) >= 11 is 0. The van der Waals surface area contributed by atoms with Crippen LogP contribution in [0.3, 0.4) is 0 Å². The topological polar surface area (TPSA) is 124 Å². The third-order valence-corrected chi connectivity index (χ3v) is 4.55. The van der Waals surface area contributed by atoms with E-state index in [1.807, 2.05) is 31.4 Å². The van der Waals surface area contributed by atoms with Crippen LogP contribution in [0.15, 0.2) is 59.8 Å². The molecule has 0 aliphatic heterocycles. The Morgan fingerprint density at radius 1 is 1.18 bits per heavy atom. The Morgan fingerprint density at radius 2 is 2.11 bits per heavy atom. The Hall–Kier alpha value is -3.85. The molecule has 5 aromatic rings. The van der Waals surface area contributed by atoms with E-state index in [1.54, 1.807) is 35.7 Å². The molecule has 0 fully saturated rings. The maximum Gasteiger partial charge on any atom is 0.250 e. The first-order valence-electron chi connectivity index (χ1n) is 8.64. The first kappa shape index (κ1) is 16.3. The molecule has 0 saturated heterocycles. The van der Waals surface area contributed by atoms with Gasteiger partial charge in [-0.25, -0.2) is 4.98 Å². The summed E-state index contributed by atoms with van der Waals surface area (Å²) in [5.41, 5.74) is 10.5. The molecule has 3 N–H and O–H groups in total. The molecular weight excluding hydrogens is 356 g/mol. The lowest BCUT2D eigenvalue weighted by Crippen LogP contribution is -2.12. The Kier molecular flexibility index (Phi) is 3.73. The van der Waals surface area contributed by atoms with Gasteiger partial charge in [-0.3, -0.25) is 9.67 Å². The molecule has 0 bridgehead atoms. The molecule has 0 spiro atoms. The largest absolute Gasteiger partial charge is 0.419 e. The summed E-state index contributed by atoms with van der Waals surface area (Å²) in [6.07, 6.45) is 10.7. The number of nitrogens with two attached hydrogens (primary N) is 1. The molecule has 0 aliphatic rings. The van der Waals surface area contributed by atoms with Gasteiger partial charge in [0.1, 0.15) is 11.7 Å². The van der Waals surface area contributed by atoms with Crippen molar-refractivity contribution in [3.63, 3.8) is 0 Å². The normalized spacial score (nSPS) is 12.5. The summed E-state index contributed by atoms with van der Waals surface area (Å²) in [5, 5.41) is 13.4. The summed E-state index contributed by atoms with van der Waals surface area (Å²) in [6.45, 7) is 0. The molecule has 0 saturated carbocycles. The van der Waals surface area contributed by atoms with Gasteiger partial charge < -0.3 is 15.1 Å². The molecule has 0 aromatic carbocycles. The Morgan fingerprint density at radius 3 is 2.89 bits per heavy atom. The van der Waals surface area contributed by atoms with E-state index in [1.165, 1.54) is 0 Å². The predicted molar refractivity (Wildman–Crippen MR) is 102 cm³/mol. The second-order valence-corrected chi connectivity index (χ2v) is 6.43. The Bertz CT molecular complexity index is 1250. The number of pyridine rings is 2. The Labute approximate surface area is 159 Å². The fourth-order valence-corrected chi connectivity index (χ4v) is 3.08. The standard InChI is InChI=1S/C19H16N8O/c1-27-10-13(8-24-27)12-5-14-15(9-23-17(14)22-7-12)18-25-26-19(28-18)16(20)11-3-2-4-21-6-11/h2-10,16H,20H2,1H3,(H,22,23). The van der Waals surface area contributed by atoms with Crippen LogP contribution in [-0.2, 0) is 7.05 Å². The number of nitrogens with zero attached hydrogens (tertiary/aromatic N) is 6. The maximum atomic E-state index is 6.23. The molecule has 5 aromatic heterocycles. The molecule has 0 radical (unpaired) electrons. The number of aromatic nitrogens is 7. The molecular formula is C19H16N8O. The average molecular weight is 372 g/mol. The zero-order valence-electron chi connectivity index (χ0n) is 14.9. The van der Waals surface area contributed by atoms with Crippen LogP contribution in [0.2, 0.25) is 0 Å². The third-order valence-electron chi connectivity index (χ3n) is 4.55. The van der Waals surface area contributed by atoms with Crippen LogP contribution in [0, 0.1) is 0 Å². The van der Waals surface area contributed by atoms with Crippen LogP contribution in [0.25, 0.3) is 33.6 Å². The van der Waals surface area contributed by atoms with Gasteiger partial charge in [-0.2, -0.15) is 5.10 Å². The van der Waals surface area contributed by atoms with Crippen molar-refractivity contribution in [2.75, 3.05) is 0 Å². The van der Waals surface area contributed by atoms with Crippen molar-refractivity contribution in [2.24, 2.45) is 12.8 Å². The minimum Gasteiger partial charge on any atom is -0.419 e. The van der Waals surface area contributed by atoms with E-state index >= 15 is 0 Å². The highest BCUT2D eigenvalue weighted by Crippen LogP contribution is 2.31. The van der Waals surface area contributed by atoms with Crippen LogP contribution >= 0.6 is 0 Å². The molecule has 138 valence electrons. The molecule has 1 atom stereocenters. The molecule has 9 nitrogen and oxygen atoms in total. The second-order valence-electron chi connectivity index (χ2n) is 6.43. The van der Waals surface area contributed by atoms with E-state index in [-0.39, 0.29) is 0 Å². The molecule has 0 aliphatic carbocycles. The van der Waals surface area contributed by atoms with Gasteiger partial charge in [0.2, 0.25) is 11.8 Å². The molecule has 1 unspecified atom stereocenters. The van der Waals surface area contributed by atoms with Gasteiger partial charge in [0.05, 0.1) is 11.8 Å². The average Bonchev–Trinajstić information content (AvgIpc) is 3.46. The number of nitrogens with one attached hydrogen (secondary N) is 1. The molecule has 9 heteroatoms. The van der Waals surface area contributed by atoms with Crippen LogP contribution < -0.4 is 5.73 Å². The second kappa shape index (κ2) is 6.39. The van der Waals surface area contributed by atoms with Gasteiger partial charge in [0.25, 0.3) is 0 Å². The van der Waals surface area contributed by atoms with Gasteiger partial charge in [-0.1, -0.05) is 6.07 Å². The minimum atomic E-state index is -0.538. The number of aryl methyl sites for hydroxylation is 1. The van der Waals surface area contributed by atoms with Crippen molar-refractivity contribution in [1.82, 2.24) is 34.9 Å². The first-order chi connectivity index (χ1) is 13.7. The van der Waals surface area contributed by atoms with E-state index in [4.69, 9.17) is 10.2 Å². The zero-order valence-corrected chi connectivity index (χ0v) is 14.9. The van der Waals surface area contributed by atoms with Crippen molar-refractivity contribution < 1.29 is 4.42 Å². The van der Waals surface area contributed by atoms with Crippen molar-refractivity contribution in [1.29, 1.82) is 0 Å². The van der Waals surface area contributed by atoms with Crippen LogP contribution in [-0.4, -0.2) is 34.9 Å². The summed E-state index contributed by atoms with van der Waals surface area (Å²) in [7, 11) is 1.88. The highest BCUT2D eigenvalue weighted by molar-refractivity contribution is 5.93. The lowest BCUT2D eigenvalue weighted by Gasteiger charge is -2.05. The molecule has 5 heterocycles. The van der Waals surface area contributed by atoms with Crippen LogP contribution in [0.5, 0.6) is 0 Å². The smallest absolute Gasteiger partial charge is 0.250 e. The van der Waals surface area contributed by atoms with Crippen LogP contribution in [0.1, 0.15) is 17.5 Å². The van der Waals surface area contributed by atoms with Gasteiger partial charge in [-0.05, 0) is 17.7 Å². The molecule has 28 heavy (non-hydrogen) atoms. The number of aromatic amines is 1. The monoisotopic (exact) mass is 372 g/mol. The number of fused-ring (bicyclic) bond motifs is 1. The van der Waals surface area contributed by atoms with Crippen molar-refractivity contribution in [3.05, 3.63) is 66.8 Å². The first-order valence-corrected chi connectivity index (χ1v) is 8.64. The lowest BCUT2D eigenvalue weighted by molar-refractivity contribution is 0.484. The fraction of sp³-hybridized carbons (Fsp3) is 0.105. The lowest BCUT2D eigenvalue weighted by atomic mass is 10.1. The van der Waals surface area contributed by atoms with Gasteiger partial charge in [0, 0.05) is 54.5 Å². The minimum absolute atomic E-state index is 0.328. The molecule has 0 amide bonds. The third kappa shape index (κ3) is 2.74. The van der Waals surface area contributed by atoms with E-state index < -0.39 is 6.04 Å². The number of hydrogen-bond donors (Lipinski definition) is 2. The summed E-state index contributed by atoms with van der Waals surface area (Å²) in [6, 6.07) is 5.18. The number of hydrogen-bond acceptors (Lipinski definition) is 7. The molecule has 5 rings (SSSR count). The SMILES string of the molecule is Cn1cc(-c2cnc3[nH]cc(-c4nnc(C(N)c5cccnc5)o4)c3c2)cn1. The maximum absolute atomic E-state index is 6.23. The number of H-pyrrole nitrogens is 1. The van der Waals surface area contributed by atoms with E-state index in [0.29, 0.717) is 11.8 Å². The van der Waals surface area contributed by atoms with Gasteiger partial charge in [0.15, 0.2) is 0 Å². The van der Waals surface area contributed by atoms with E-state index in [2.05, 4.69) is 30.2 Å². The highest BCUT2D eigenvalue weighted by atomic mass is 16.4. The van der Waals surface area contributed by atoms with E-state index in [0.717, 1.165) is 33.3 Å². The van der Waals surface area contributed by atoms with E-state index in [9.17, 15) is 0 Å². The fourth-order valence-electron chi connectivity index (χ4n) is 3.08. The summed E-state index contributed by atoms with van der Waals surface area (Å²) in [5.74, 6) is 0.708. The Balaban J connectivity index is 1.54. The van der Waals surface area contributed by atoms with Crippen molar-refractivity contribution in [3.8, 4) is 22.6 Å². The van der Waals surface area contributed by atoms with Crippen molar-refractivity contribution in [2.45, 2.75) is 6.04 Å². The predicted octanol–water partition coefficient (Wildman–Crippen LogP) is 2.46. The zero-order chi connectivity index (χ0) is 19.1. The summed E-state index contributed by atoms with van der Waals surface area (Å²) < 4.78 is 7.61. The van der Waals surface area contributed by atoms with Gasteiger partial charge in [-0.15, -0.1) is 10.2 Å². The quantitative estimate of drug-likeness (QED) is 0.496. The van der Waals surface area contributed by atoms with Crippen LogP contribution in [0.4, 0.5) is 0 Å². The number of rotatable bonds is 4. The highest BCUT2D eigenvalue weighted by Gasteiger charge is 2.20. The van der Waals surface area contributed by atoms with Gasteiger partial charge >= 0.3 is 0 Å². The summed E-state index contributed by atoms with van der Waals surface area (Å²) in [4.78, 5) is 11.7.